The van der Waals surface area contributed by atoms with Crippen molar-refractivity contribution in [3.8, 4) is 0 Å². The number of rotatable bonds is 7. The van der Waals surface area contributed by atoms with E-state index in [-0.39, 0.29) is 12.0 Å². The van der Waals surface area contributed by atoms with Crippen molar-refractivity contribution in [2.24, 2.45) is 5.92 Å². The minimum Gasteiger partial charge on any atom is -0.325 e. The van der Waals surface area contributed by atoms with Gasteiger partial charge in [0.2, 0.25) is 5.91 Å². The van der Waals surface area contributed by atoms with Crippen molar-refractivity contribution in [1.29, 1.82) is 0 Å². The Bertz CT molecular complexity index is 790. The van der Waals surface area contributed by atoms with E-state index in [4.69, 9.17) is 0 Å². The number of nitrogens with one attached hydrogen (secondary N) is 1. The van der Waals surface area contributed by atoms with Crippen LogP contribution in [0.1, 0.15) is 57.9 Å². The van der Waals surface area contributed by atoms with E-state index in [1.54, 1.807) is 12.1 Å². The minimum atomic E-state index is -0.919. The zero-order valence-corrected chi connectivity index (χ0v) is 17.1. The molecule has 1 aromatic carbocycles. The first-order valence-corrected chi connectivity index (χ1v) is 10.5. The Balaban J connectivity index is 1.61. The van der Waals surface area contributed by atoms with Gasteiger partial charge in [0.05, 0.1) is 0 Å². The van der Waals surface area contributed by atoms with Crippen molar-refractivity contribution >= 4 is 29.4 Å². The van der Waals surface area contributed by atoms with Gasteiger partial charge in [-0.1, -0.05) is 45.2 Å². The number of hydrogen-bond acceptors (Lipinski definition) is 4. The number of aryl methyl sites for hydroxylation is 1. The number of amides is 5. The van der Waals surface area contributed by atoms with Crippen LogP contribution in [0, 0.1) is 5.92 Å². The molecule has 1 saturated heterocycles. The summed E-state index contributed by atoms with van der Waals surface area (Å²) in [6.45, 7) is 3.67. The standard InChI is InChI=1S/C22H29N3O4/c1-3-4-8-16-10-12-17(13-11-16)23-19(26)14-24-20(27)21(28)25(22(24)29)18-9-6-5-7-15(18)2/h10-13,15,18H,3-9,14H2,1-2H3,(H,23,26)/t15-,18+/m0/s1. The number of carbonyl (C=O) groups is 4. The van der Waals surface area contributed by atoms with Crippen LogP contribution in [0.2, 0.25) is 0 Å². The molecule has 3 rings (SSSR count). The summed E-state index contributed by atoms with van der Waals surface area (Å²) in [5.41, 5.74) is 1.79. The molecule has 0 bridgehead atoms. The van der Waals surface area contributed by atoms with Crippen LogP contribution in [-0.4, -0.2) is 46.1 Å². The molecule has 29 heavy (non-hydrogen) atoms. The highest BCUT2D eigenvalue weighted by molar-refractivity contribution is 6.45. The number of urea groups is 1. The molecule has 7 heteroatoms. The molecule has 1 heterocycles. The molecule has 2 fully saturated rings. The average Bonchev–Trinajstić information content (AvgIpc) is 2.91. The molecule has 1 aromatic rings. The molecule has 156 valence electrons. The van der Waals surface area contributed by atoms with Gasteiger partial charge in [-0.2, -0.15) is 0 Å². The second kappa shape index (κ2) is 9.20. The summed E-state index contributed by atoms with van der Waals surface area (Å²) in [6, 6.07) is 6.57. The van der Waals surface area contributed by atoms with Crippen LogP contribution in [0.3, 0.4) is 0 Å². The van der Waals surface area contributed by atoms with Gasteiger partial charge in [0.1, 0.15) is 6.54 Å². The van der Waals surface area contributed by atoms with Crippen molar-refractivity contribution in [3.05, 3.63) is 29.8 Å². The van der Waals surface area contributed by atoms with E-state index >= 15 is 0 Å². The summed E-state index contributed by atoms with van der Waals surface area (Å²) in [7, 11) is 0. The number of imide groups is 2. The third kappa shape index (κ3) is 4.66. The highest BCUT2D eigenvalue weighted by Crippen LogP contribution is 2.31. The third-order valence-corrected chi connectivity index (χ3v) is 5.84. The number of nitrogens with zero attached hydrogens (tertiary/aromatic N) is 2. The Labute approximate surface area is 171 Å². The maximum Gasteiger partial charge on any atom is 0.334 e. The first kappa shape index (κ1) is 21.0. The Morgan fingerprint density at radius 3 is 2.41 bits per heavy atom. The van der Waals surface area contributed by atoms with Gasteiger partial charge in [-0.15, -0.1) is 0 Å². The summed E-state index contributed by atoms with van der Waals surface area (Å²) in [6.07, 6.45) is 6.82. The van der Waals surface area contributed by atoms with Gasteiger partial charge in [0, 0.05) is 11.7 Å². The van der Waals surface area contributed by atoms with E-state index in [9.17, 15) is 19.2 Å². The number of unbranched alkanes of at least 4 members (excludes halogenated alkanes) is 1. The van der Waals surface area contributed by atoms with E-state index < -0.39 is 30.3 Å². The zero-order valence-electron chi connectivity index (χ0n) is 17.1. The molecule has 1 aliphatic carbocycles. The lowest BCUT2D eigenvalue weighted by atomic mass is 9.85. The van der Waals surface area contributed by atoms with Crippen LogP contribution < -0.4 is 5.32 Å². The highest BCUT2D eigenvalue weighted by atomic mass is 16.2. The first-order valence-electron chi connectivity index (χ1n) is 10.5. The van der Waals surface area contributed by atoms with E-state index in [0.29, 0.717) is 12.1 Å². The van der Waals surface area contributed by atoms with Crippen molar-refractivity contribution in [1.82, 2.24) is 9.80 Å². The Kier molecular flexibility index (Phi) is 6.67. The van der Waals surface area contributed by atoms with Crippen LogP contribution in [0.15, 0.2) is 24.3 Å². The molecular formula is C22H29N3O4. The van der Waals surface area contributed by atoms with Crippen LogP contribution >= 0.6 is 0 Å². The number of anilines is 1. The first-order chi connectivity index (χ1) is 13.9. The number of benzene rings is 1. The predicted octanol–water partition coefficient (Wildman–Crippen LogP) is 3.34. The molecule has 5 amide bonds. The molecule has 2 aliphatic rings. The SMILES string of the molecule is CCCCc1ccc(NC(=O)CN2C(=O)C(=O)N([C@@H]3CCCC[C@@H]3C)C2=O)cc1. The Hall–Kier alpha value is -2.70. The molecule has 1 aliphatic heterocycles. The molecule has 0 spiro atoms. The fourth-order valence-corrected chi connectivity index (χ4v) is 4.11. The molecule has 0 unspecified atom stereocenters. The second-order valence-corrected chi connectivity index (χ2v) is 8.03. The summed E-state index contributed by atoms with van der Waals surface area (Å²) in [5, 5.41) is 2.70. The molecule has 1 N–H and O–H groups in total. The molecule has 0 radical (unpaired) electrons. The minimum absolute atomic E-state index is 0.157. The van der Waals surface area contributed by atoms with Crippen LogP contribution in [0.25, 0.3) is 0 Å². The van der Waals surface area contributed by atoms with Gasteiger partial charge in [-0.3, -0.25) is 19.3 Å². The molecule has 2 atom stereocenters. The van der Waals surface area contributed by atoms with Crippen molar-refractivity contribution in [2.45, 2.75) is 64.8 Å². The summed E-state index contributed by atoms with van der Waals surface area (Å²) < 4.78 is 0. The number of carbonyl (C=O) groups excluding carboxylic acids is 4. The van der Waals surface area contributed by atoms with Gasteiger partial charge in [0.15, 0.2) is 0 Å². The van der Waals surface area contributed by atoms with Crippen molar-refractivity contribution in [3.63, 3.8) is 0 Å². The van der Waals surface area contributed by atoms with Crippen LogP contribution in [0.5, 0.6) is 0 Å². The molecular weight excluding hydrogens is 370 g/mol. The maximum atomic E-state index is 12.7. The van der Waals surface area contributed by atoms with E-state index in [0.717, 1.165) is 48.3 Å². The fourth-order valence-electron chi connectivity index (χ4n) is 4.11. The summed E-state index contributed by atoms with van der Waals surface area (Å²) >= 11 is 0. The Morgan fingerprint density at radius 2 is 1.76 bits per heavy atom. The maximum absolute atomic E-state index is 12.7. The number of hydrogen-bond donors (Lipinski definition) is 1. The highest BCUT2D eigenvalue weighted by Gasteiger charge is 2.49. The second-order valence-electron chi connectivity index (χ2n) is 8.03. The lowest BCUT2D eigenvalue weighted by Gasteiger charge is -2.34. The van der Waals surface area contributed by atoms with Crippen molar-refractivity contribution < 1.29 is 19.2 Å². The normalized spacial score (nSPS) is 22.3. The van der Waals surface area contributed by atoms with Crippen LogP contribution in [0.4, 0.5) is 10.5 Å². The van der Waals surface area contributed by atoms with Gasteiger partial charge in [0.25, 0.3) is 0 Å². The van der Waals surface area contributed by atoms with Crippen molar-refractivity contribution in [2.75, 3.05) is 11.9 Å². The zero-order chi connectivity index (χ0) is 21.0. The molecule has 0 aromatic heterocycles. The predicted molar refractivity (Wildman–Crippen MR) is 109 cm³/mol. The van der Waals surface area contributed by atoms with E-state index in [2.05, 4.69) is 12.2 Å². The molecule has 1 saturated carbocycles. The monoisotopic (exact) mass is 399 g/mol. The lowest BCUT2D eigenvalue weighted by Crippen LogP contribution is -2.46. The van der Waals surface area contributed by atoms with Gasteiger partial charge >= 0.3 is 17.8 Å². The Morgan fingerprint density at radius 1 is 1.07 bits per heavy atom. The quantitative estimate of drug-likeness (QED) is 0.563. The van der Waals surface area contributed by atoms with Gasteiger partial charge in [-0.25, -0.2) is 9.69 Å². The van der Waals surface area contributed by atoms with E-state index in [1.807, 2.05) is 19.1 Å². The largest absolute Gasteiger partial charge is 0.334 e. The van der Waals surface area contributed by atoms with E-state index in [1.165, 1.54) is 5.56 Å². The van der Waals surface area contributed by atoms with Crippen LogP contribution in [-0.2, 0) is 20.8 Å². The molecule has 7 nitrogen and oxygen atoms in total. The fraction of sp³-hybridized carbons (Fsp3) is 0.545. The lowest BCUT2D eigenvalue weighted by molar-refractivity contribution is -0.145. The third-order valence-electron chi connectivity index (χ3n) is 5.84. The average molecular weight is 399 g/mol. The topological polar surface area (TPSA) is 86.8 Å². The summed E-state index contributed by atoms with van der Waals surface area (Å²) in [5.74, 6) is -2.08. The smallest absolute Gasteiger partial charge is 0.325 e. The summed E-state index contributed by atoms with van der Waals surface area (Å²) in [4.78, 5) is 51.7. The van der Waals surface area contributed by atoms with Gasteiger partial charge < -0.3 is 5.32 Å². The van der Waals surface area contributed by atoms with Gasteiger partial charge in [-0.05, 0) is 49.3 Å².